The highest BCUT2D eigenvalue weighted by Gasteiger charge is 2.07. The summed E-state index contributed by atoms with van der Waals surface area (Å²) in [6, 6.07) is 4.62. The van der Waals surface area contributed by atoms with E-state index in [-0.39, 0.29) is 5.82 Å². The molecule has 1 aromatic carbocycles. The Morgan fingerprint density at radius 3 is 2.60 bits per heavy atom. The average Bonchev–Trinajstić information content (AvgIpc) is 2.23. The molecule has 1 aromatic heterocycles. The summed E-state index contributed by atoms with van der Waals surface area (Å²) in [6.07, 6.45) is 1.46. The fraction of sp³-hybridized carbons (Fsp3) is 0. The minimum absolute atomic E-state index is 0.350. The average molecular weight is 333 g/mol. The molecule has 0 spiro atoms. The van der Waals surface area contributed by atoms with Crippen LogP contribution in [0.15, 0.2) is 33.6 Å². The van der Waals surface area contributed by atoms with Crippen molar-refractivity contribution in [2.24, 2.45) is 0 Å². The van der Waals surface area contributed by atoms with E-state index in [4.69, 9.17) is 0 Å². The Balaban J connectivity index is 2.53. The molecule has 76 valence electrons. The van der Waals surface area contributed by atoms with Crippen molar-refractivity contribution >= 4 is 31.9 Å². The van der Waals surface area contributed by atoms with Gasteiger partial charge in [-0.1, -0.05) is 15.9 Å². The van der Waals surface area contributed by atoms with E-state index in [1.54, 1.807) is 12.1 Å². The summed E-state index contributed by atoms with van der Waals surface area (Å²) in [6.45, 7) is 0. The summed E-state index contributed by atoms with van der Waals surface area (Å²) < 4.78 is 14.6. The molecular weight excluding hydrogens is 329 g/mol. The van der Waals surface area contributed by atoms with Gasteiger partial charge in [0.15, 0.2) is 0 Å². The van der Waals surface area contributed by atoms with E-state index in [2.05, 4.69) is 47.0 Å². The summed E-state index contributed by atoms with van der Waals surface area (Å²) in [5, 5.41) is 7.53. The van der Waals surface area contributed by atoms with Gasteiger partial charge in [-0.3, -0.25) is 0 Å². The molecule has 0 aliphatic rings. The van der Waals surface area contributed by atoms with Crippen LogP contribution in [-0.2, 0) is 0 Å². The lowest BCUT2D eigenvalue weighted by molar-refractivity contribution is 0.629. The molecule has 0 saturated carbocycles. The van der Waals surface area contributed by atoms with Gasteiger partial charge in [0.1, 0.15) is 11.5 Å². The van der Waals surface area contributed by atoms with Crippen LogP contribution >= 0.6 is 31.9 Å². The zero-order valence-corrected chi connectivity index (χ0v) is 10.5. The van der Waals surface area contributed by atoms with Gasteiger partial charge in [-0.25, -0.2) is 9.37 Å². The molecule has 0 N–H and O–H groups in total. The van der Waals surface area contributed by atoms with Crippen molar-refractivity contribution in [2.75, 3.05) is 0 Å². The van der Waals surface area contributed by atoms with Crippen LogP contribution in [-0.4, -0.2) is 15.2 Å². The maximum absolute atomic E-state index is 13.4. The molecule has 1 heterocycles. The van der Waals surface area contributed by atoms with E-state index in [0.717, 1.165) is 4.47 Å². The monoisotopic (exact) mass is 331 g/mol. The first-order valence-electron chi connectivity index (χ1n) is 3.97. The molecule has 0 unspecified atom stereocenters. The second-order valence-corrected chi connectivity index (χ2v) is 4.36. The minimum Gasteiger partial charge on any atom is -0.227 e. The highest BCUT2D eigenvalue weighted by atomic mass is 79.9. The van der Waals surface area contributed by atoms with Crippen LogP contribution in [0.25, 0.3) is 11.3 Å². The Bertz CT molecular complexity index is 487. The Labute approximate surface area is 102 Å². The van der Waals surface area contributed by atoms with Gasteiger partial charge in [-0.2, -0.15) is 0 Å². The van der Waals surface area contributed by atoms with Crippen molar-refractivity contribution < 1.29 is 4.39 Å². The van der Waals surface area contributed by atoms with Crippen LogP contribution in [0.3, 0.4) is 0 Å². The number of rotatable bonds is 1. The summed E-state index contributed by atoms with van der Waals surface area (Å²) in [7, 11) is 0. The lowest BCUT2D eigenvalue weighted by Crippen LogP contribution is -1.93. The van der Waals surface area contributed by atoms with Crippen molar-refractivity contribution in [2.45, 2.75) is 0 Å². The maximum Gasteiger partial charge on any atom is 0.217 e. The number of aromatic nitrogens is 3. The molecule has 0 amide bonds. The molecule has 3 nitrogen and oxygen atoms in total. The highest BCUT2D eigenvalue weighted by Crippen LogP contribution is 2.23. The predicted octanol–water partition coefficient (Wildman–Crippen LogP) is 3.20. The zero-order chi connectivity index (χ0) is 10.8. The first kappa shape index (κ1) is 10.6. The van der Waals surface area contributed by atoms with Gasteiger partial charge < -0.3 is 0 Å². The molecule has 2 rings (SSSR count). The molecular formula is C9H4Br2FN3. The van der Waals surface area contributed by atoms with Crippen molar-refractivity contribution in [1.82, 2.24) is 15.2 Å². The van der Waals surface area contributed by atoms with Gasteiger partial charge in [-0.15, -0.1) is 10.2 Å². The number of nitrogens with zero attached hydrogens (tertiary/aromatic N) is 3. The smallest absolute Gasteiger partial charge is 0.217 e. The second-order valence-electron chi connectivity index (χ2n) is 2.74. The summed E-state index contributed by atoms with van der Waals surface area (Å²) in [5.74, 6) is -0.350. The van der Waals surface area contributed by atoms with Gasteiger partial charge >= 0.3 is 0 Å². The Hall–Kier alpha value is -0.880. The standard InChI is InChI=1S/C9H4Br2FN3/c10-5-1-2-7(12)6(3-5)8-4-13-9(11)15-14-8/h1-4H. The van der Waals surface area contributed by atoms with E-state index in [9.17, 15) is 4.39 Å². The van der Waals surface area contributed by atoms with E-state index in [0.29, 0.717) is 16.0 Å². The minimum atomic E-state index is -0.350. The van der Waals surface area contributed by atoms with Crippen LogP contribution in [0.5, 0.6) is 0 Å². The third-order valence-corrected chi connectivity index (χ3v) is 2.59. The quantitative estimate of drug-likeness (QED) is 0.805. The third kappa shape index (κ3) is 2.38. The lowest BCUT2D eigenvalue weighted by atomic mass is 10.1. The number of benzene rings is 1. The molecule has 6 heteroatoms. The van der Waals surface area contributed by atoms with Gasteiger partial charge in [-0.05, 0) is 34.1 Å². The van der Waals surface area contributed by atoms with E-state index < -0.39 is 0 Å². The number of hydrogen-bond donors (Lipinski definition) is 0. The summed E-state index contributed by atoms with van der Waals surface area (Å²) in [5.41, 5.74) is 0.772. The number of hydrogen-bond acceptors (Lipinski definition) is 3. The van der Waals surface area contributed by atoms with Crippen LogP contribution < -0.4 is 0 Å². The molecule has 0 radical (unpaired) electrons. The molecule has 2 aromatic rings. The van der Waals surface area contributed by atoms with Crippen LogP contribution in [0.2, 0.25) is 0 Å². The summed E-state index contributed by atoms with van der Waals surface area (Å²) in [4.78, 5) is 3.89. The predicted molar refractivity (Wildman–Crippen MR) is 60.6 cm³/mol. The Kier molecular flexibility index (Phi) is 3.06. The van der Waals surface area contributed by atoms with Crippen molar-refractivity contribution in [3.63, 3.8) is 0 Å². The van der Waals surface area contributed by atoms with Gasteiger partial charge in [0.2, 0.25) is 4.73 Å². The van der Waals surface area contributed by atoms with E-state index in [1.165, 1.54) is 12.3 Å². The topological polar surface area (TPSA) is 38.7 Å². The molecule has 0 aliphatic heterocycles. The third-order valence-electron chi connectivity index (χ3n) is 1.74. The molecule has 0 saturated heterocycles. The van der Waals surface area contributed by atoms with Gasteiger partial charge in [0, 0.05) is 10.0 Å². The fourth-order valence-corrected chi connectivity index (χ4v) is 1.62. The fourth-order valence-electron chi connectivity index (χ4n) is 1.08. The lowest BCUT2D eigenvalue weighted by Gasteiger charge is -2.01. The maximum atomic E-state index is 13.4. The summed E-state index contributed by atoms with van der Waals surface area (Å²) >= 11 is 6.33. The van der Waals surface area contributed by atoms with Crippen molar-refractivity contribution in [3.05, 3.63) is 39.4 Å². The van der Waals surface area contributed by atoms with Gasteiger partial charge in [0.05, 0.1) is 6.20 Å². The molecule has 0 bridgehead atoms. The molecule has 0 atom stereocenters. The largest absolute Gasteiger partial charge is 0.227 e. The molecule has 0 aliphatic carbocycles. The normalized spacial score (nSPS) is 10.3. The van der Waals surface area contributed by atoms with Crippen LogP contribution in [0.1, 0.15) is 0 Å². The first-order valence-corrected chi connectivity index (χ1v) is 5.56. The Morgan fingerprint density at radius 1 is 1.13 bits per heavy atom. The van der Waals surface area contributed by atoms with Gasteiger partial charge in [0.25, 0.3) is 0 Å². The SMILES string of the molecule is Fc1ccc(Br)cc1-c1cnc(Br)nn1. The molecule has 15 heavy (non-hydrogen) atoms. The number of halogens is 3. The second kappa shape index (κ2) is 4.32. The zero-order valence-electron chi connectivity index (χ0n) is 7.28. The van der Waals surface area contributed by atoms with E-state index >= 15 is 0 Å². The first-order chi connectivity index (χ1) is 7.16. The Morgan fingerprint density at radius 2 is 1.93 bits per heavy atom. The highest BCUT2D eigenvalue weighted by molar-refractivity contribution is 9.10. The molecule has 0 fully saturated rings. The van der Waals surface area contributed by atoms with Crippen LogP contribution in [0.4, 0.5) is 4.39 Å². The van der Waals surface area contributed by atoms with Crippen molar-refractivity contribution in [3.8, 4) is 11.3 Å². The van der Waals surface area contributed by atoms with Crippen molar-refractivity contribution in [1.29, 1.82) is 0 Å². The van der Waals surface area contributed by atoms with E-state index in [1.807, 2.05) is 0 Å². The van der Waals surface area contributed by atoms with Crippen LogP contribution in [0, 0.1) is 5.82 Å².